The van der Waals surface area contributed by atoms with Crippen LogP contribution in [0, 0.1) is 10.1 Å². The maximum Gasteiger partial charge on any atom is 0.323 e. The monoisotopic (exact) mass is 302 g/mol. The molecule has 6 nitrogen and oxygen atoms in total. The number of nitrogens with zero attached hydrogens (tertiary/aromatic N) is 1. The Hall–Kier alpha value is -1.66. The molecule has 1 aromatic rings. The summed E-state index contributed by atoms with van der Waals surface area (Å²) in [7, 11) is 0. The fourth-order valence-corrected chi connectivity index (χ4v) is 1.52. The lowest BCUT2D eigenvalue weighted by Gasteiger charge is -2.10. The van der Waals surface area contributed by atoms with Crippen LogP contribution in [0.2, 0.25) is 0 Å². The Bertz CT molecular complexity index is 437. The molecule has 0 radical (unpaired) electrons. The molecule has 0 amide bonds. The van der Waals surface area contributed by atoms with Gasteiger partial charge in [-0.05, 0) is 24.1 Å². The van der Waals surface area contributed by atoms with Crippen molar-refractivity contribution in [2.75, 3.05) is 0 Å². The van der Waals surface area contributed by atoms with Crippen molar-refractivity contribution in [2.24, 2.45) is 5.73 Å². The molecule has 1 rings (SSSR count). The van der Waals surface area contributed by atoms with Gasteiger partial charge in [0.05, 0.1) is 4.92 Å². The summed E-state index contributed by atoms with van der Waals surface area (Å²) < 4.78 is 5.05. The number of non-ortho nitro benzene ring substituents is 1. The van der Waals surface area contributed by atoms with E-state index >= 15 is 0 Å². The van der Waals surface area contributed by atoms with Gasteiger partial charge in [0.25, 0.3) is 5.69 Å². The first-order valence-electron chi connectivity index (χ1n) is 6.20. The molecule has 1 aromatic carbocycles. The third kappa shape index (κ3) is 5.99. The minimum atomic E-state index is -0.599. The van der Waals surface area contributed by atoms with E-state index in [2.05, 4.69) is 0 Å². The smallest absolute Gasteiger partial charge is 0.323 e. The minimum absolute atomic E-state index is 0. The Kier molecular flexibility index (Phi) is 8.51. The number of nitrogens with two attached hydrogens (primary N) is 1. The zero-order valence-electron chi connectivity index (χ0n) is 11.3. The average Bonchev–Trinajstić information content (AvgIpc) is 2.42. The van der Waals surface area contributed by atoms with E-state index in [0.717, 1.165) is 12.8 Å². The van der Waals surface area contributed by atoms with Crippen molar-refractivity contribution in [3.05, 3.63) is 39.9 Å². The summed E-state index contributed by atoms with van der Waals surface area (Å²) in [5, 5.41) is 10.5. The van der Waals surface area contributed by atoms with E-state index in [-0.39, 0.29) is 24.7 Å². The predicted octanol–water partition coefficient (Wildman–Crippen LogP) is 2.58. The van der Waals surface area contributed by atoms with Crippen LogP contribution >= 0.6 is 12.4 Å². The van der Waals surface area contributed by atoms with Gasteiger partial charge in [0.15, 0.2) is 0 Å². The number of carbonyl (C=O) groups excluding carboxylic acids is 1. The van der Waals surface area contributed by atoms with Gasteiger partial charge in [-0.15, -0.1) is 12.4 Å². The Labute approximate surface area is 123 Å². The number of unbranched alkanes of at least 4 members (excludes halogenated alkanes) is 1. The lowest BCUT2D eigenvalue weighted by atomic mass is 10.1. The lowest BCUT2D eigenvalue weighted by molar-refractivity contribution is -0.384. The number of hydrogen-bond donors (Lipinski definition) is 1. The zero-order chi connectivity index (χ0) is 14.3. The molecule has 0 aliphatic heterocycles. The van der Waals surface area contributed by atoms with Gasteiger partial charge in [-0.3, -0.25) is 14.9 Å². The standard InChI is InChI=1S/C13H18N2O4.ClH/c1-2-3-4-12(14)13(16)19-9-10-5-7-11(8-6-10)15(17)18;/h5-8,12H,2-4,9,14H2,1H3;1H/t12-;/m1./s1. The summed E-state index contributed by atoms with van der Waals surface area (Å²) in [6.45, 7) is 2.10. The highest BCUT2D eigenvalue weighted by Crippen LogP contribution is 2.13. The van der Waals surface area contributed by atoms with Crippen LogP contribution < -0.4 is 5.73 Å². The van der Waals surface area contributed by atoms with E-state index < -0.39 is 16.9 Å². The first-order chi connectivity index (χ1) is 9.04. The largest absolute Gasteiger partial charge is 0.460 e. The Morgan fingerprint density at radius 2 is 2.00 bits per heavy atom. The average molecular weight is 303 g/mol. The molecule has 7 heteroatoms. The molecule has 2 N–H and O–H groups in total. The second kappa shape index (κ2) is 9.28. The van der Waals surface area contributed by atoms with Crippen LogP contribution in [-0.2, 0) is 16.1 Å². The molecule has 0 aliphatic carbocycles. The van der Waals surface area contributed by atoms with Crippen molar-refractivity contribution in [2.45, 2.75) is 38.8 Å². The summed E-state index contributed by atoms with van der Waals surface area (Å²) in [5.41, 5.74) is 6.37. The highest BCUT2D eigenvalue weighted by Gasteiger charge is 2.14. The number of carbonyl (C=O) groups is 1. The molecule has 0 heterocycles. The van der Waals surface area contributed by atoms with Gasteiger partial charge >= 0.3 is 5.97 Å². The van der Waals surface area contributed by atoms with Crippen LogP contribution in [0.15, 0.2) is 24.3 Å². The number of ether oxygens (including phenoxy) is 1. The van der Waals surface area contributed by atoms with Crippen molar-refractivity contribution >= 4 is 24.1 Å². The third-order valence-electron chi connectivity index (χ3n) is 2.70. The molecule has 112 valence electrons. The zero-order valence-corrected chi connectivity index (χ0v) is 12.1. The number of nitro benzene ring substituents is 1. The minimum Gasteiger partial charge on any atom is -0.460 e. The maximum absolute atomic E-state index is 11.5. The Morgan fingerprint density at radius 1 is 1.40 bits per heavy atom. The SMILES string of the molecule is CCCC[C@@H](N)C(=O)OCc1ccc([N+](=O)[O-])cc1.Cl. The van der Waals surface area contributed by atoms with Gasteiger partial charge in [-0.25, -0.2) is 0 Å². The number of halogens is 1. The van der Waals surface area contributed by atoms with E-state index in [9.17, 15) is 14.9 Å². The van der Waals surface area contributed by atoms with Gasteiger partial charge in [-0.1, -0.05) is 19.8 Å². The number of rotatable bonds is 7. The molecule has 0 unspecified atom stereocenters. The highest BCUT2D eigenvalue weighted by atomic mass is 35.5. The van der Waals surface area contributed by atoms with Gasteiger partial charge in [0, 0.05) is 12.1 Å². The predicted molar refractivity (Wildman–Crippen MR) is 77.6 cm³/mol. The van der Waals surface area contributed by atoms with Crippen LogP contribution in [0.5, 0.6) is 0 Å². The molecular formula is C13H19ClN2O4. The van der Waals surface area contributed by atoms with Gasteiger partial charge in [-0.2, -0.15) is 0 Å². The van der Waals surface area contributed by atoms with Crippen molar-refractivity contribution < 1.29 is 14.5 Å². The fraction of sp³-hybridized carbons (Fsp3) is 0.462. The van der Waals surface area contributed by atoms with E-state index in [1.807, 2.05) is 6.92 Å². The van der Waals surface area contributed by atoms with Crippen molar-refractivity contribution in [3.8, 4) is 0 Å². The first kappa shape index (κ1) is 18.3. The summed E-state index contributed by atoms with van der Waals surface area (Å²) in [6.07, 6.45) is 2.47. The summed E-state index contributed by atoms with van der Waals surface area (Å²) in [4.78, 5) is 21.5. The number of nitro groups is 1. The van der Waals surface area contributed by atoms with Crippen LogP contribution in [0.25, 0.3) is 0 Å². The van der Waals surface area contributed by atoms with Gasteiger partial charge in [0.2, 0.25) is 0 Å². The van der Waals surface area contributed by atoms with Crippen molar-refractivity contribution in [1.29, 1.82) is 0 Å². The van der Waals surface area contributed by atoms with E-state index in [0.29, 0.717) is 12.0 Å². The maximum atomic E-state index is 11.5. The molecule has 0 aliphatic rings. The van der Waals surface area contributed by atoms with E-state index in [1.165, 1.54) is 12.1 Å². The van der Waals surface area contributed by atoms with Crippen molar-refractivity contribution in [3.63, 3.8) is 0 Å². The fourth-order valence-electron chi connectivity index (χ4n) is 1.52. The van der Waals surface area contributed by atoms with Gasteiger partial charge < -0.3 is 10.5 Å². The summed E-state index contributed by atoms with van der Waals surface area (Å²) in [5.74, 6) is -0.438. The second-order valence-corrected chi connectivity index (χ2v) is 4.28. The molecule has 1 atom stereocenters. The molecule has 20 heavy (non-hydrogen) atoms. The van der Waals surface area contributed by atoms with E-state index in [4.69, 9.17) is 10.5 Å². The number of benzene rings is 1. The lowest BCUT2D eigenvalue weighted by Crippen LogP contribution is -2.32. The normalized spacial score (nSPS) is 11.3. The quantitative estimate of drug-likeness (QED) is 0.474. The molecular weight excluding hydrogens is 284 g/mol. The molecule has 0 aromatic heterocycles. The molecule has 0 saturated heterocycles. The topological polar surface area (TPSA) is 95.5 Å². The van der Waals surface area contributed by atoms with Crippen molar-refractivity contribution in [1.82, 2.24) is 0 Å². The van der Waals surface area contributed by atoms with Crippen LogP contribution in [-0.4, -0.2) is 16.9 Å². The summed E-state index contributed by atoms with van der Waals surface area (Å²) in [6, 6.07) is 5.27. The molecule has 0 spiro atoms. The number of hydrogen-bond acceptors (Lipinski definition) is 5. The Morgan fingerprint density at radius 3 is 2.50 bits per heavy atom. The third-order valence-corrected chi connectivity index (χ3v) is 2.70. The molecule has 0 saturated carbocycles. The van der Waals surface area contributed by atoms with Crippen LogP contribution in [0.1, 0.15) is 31.7 Å². The van der Waals surface area contributed by atoms with Crippen LogP contribution in [0.3, 0.4) is 0 Å². The van der Waals surface area contributed by atoms with Gasteiger partial charge in [0.1, 0.15) is 12.6 Å². The number of esters is 1. The molecule has 0 fully saturated rings. The second-order valence-electron chi connectivity index (χ2n) is 4.28. The highest BCUT2D eigenvalue weighted by molar-refractivity contribution is 5.85. The molecule has 0 bridgehead atoms. The summed E-state index contributed by atoms with van der Waals surface area (Å²) >= 11 is 0. The Balaban J connectivity index is 0.00000361. The first-order valence-corrected chi connectivity index (χ1v) is 6.20. The van der Waals surface area contributed by atoms with E-state index in [1.54, 1.807) is 12.1 Å². The van der Waals surface area contributed by atoms with Crippen LogP contribution in [0.4, 0.5) is 5.69 Å².